The number of aromatic carboxylic acids is 2. The molecule has 3 aromatic rings. The van der Waals surface area contributed by atoms with Crippen molar-refractivity contribution in [1.82, 2.24) is 0 Å². The summed E-state index contributed by atoms with van der Waals surface area (Å²) >= 11 is 10.9. The van der Waals surface area contributed by atoms with Crippen molar-refractivity contribution in [2.24, 2.45) is 0 Å². The summed E-state index contributed by atoms with van der Waals surface area (Å²) in [6.45, 7) is 0. The minimum atomic E-state index is -0.967. The summed E-state index contributed by atoms with van der Waals surface area (Å²) < 4.78 is 1.43. The molecule has 0 aliphatic heterocycles. The standard InChI is InChI=1S/2C7H6O2S.C6H5.Bi/c2*8-7(9)5-3-1-2-4-6(5)10;1-2-4-6-5-3-1;/h2*1-4,10H,(H,8,9);1-5H;/q;;;+2/p-2. The van der Waals surface area contributed by atoms with E-state index < -0.39 is 11.9 Å². The third-order valence-corrected chi connectivity index (χ3v) is 4.86. The fraction of sp³-hybridized carbons (Fsp3) is 0. The van der Waals surface area contributed by atoms with E-state index in [2.05, 4.69) is 24.3 Å². The topological polar surface area (TPSA) is 74.6 Å². The van der Waals surface area contributed by atoms with Crippen LogP contribution in [0.15, 0.2) is 88.7 Å². The van der Waals surface area contributed by atoms with Gasteiger partial charge < -0.3 is 35.5 Å². The molecule has 4 nitrogen and oxygen atoms in total. The Labute approximate surface area is 183 Å². The third kappa shape index (κ3) is 8.91. The quantitative estimate of drug-likeness (QED) is 0.352. The van der Waals surface area contributed by atoms with Crippen LogP contribution < -0.4 is 3.27 Å². The molecule has 27 heavy (non-hydrogen) atoms. The predicted octanol–water partition coefficient (Wildman–Crippen LogP) is 3.06. The van der Waals surface area contributed by atoms with Crippen LogP contribution in [0, 0.1) is 0 Å². The van der Waals surface area contributed by atoms with Crippen molar-refractivity contribution in [2.75, 3.05) is 0 Å². The Hall–Kier alpha value is -2.08. The average molecular weight is 592 g/mol. The monoisotopic (exact) mass is 592 g/mol. The van der Waals surface area contributed by atoms with Crippen LogP contribution in [-0.2, 0) is 25.3 Å². The fourth-order valence-electron chi connectivity index (χ4n) is 1.71. The van der Waals surface area contributed by atoms with Crippen molar-refractivity contribution >= 4 is 65.2 Å². The molecule has 0 aliphatic rings. The van der Waals surface area contributed by atoms with Crippen molar-refractivity contribution < 1.29 is 19.8 Å². The first-order valence-corrected chi connectivity index (χ1v) is 10.1. The molecule has 0 aliphatic carbocycles. The summed E-state index contributed by atoms with van der Waals surface area (Å²) in [6.07, 6.45) is 0. The molecule has 2 radical (unpaired) electrons. The molecule has 2 N–H and O–H groups in total. The Morgan fingerprint density at radius 2 is 0.963 bits per heavy atom. The van der Waals surface area contributed by atoms with Gasteiger partial charge in [0.2, 0.25) is 0 Å². The second-order valence-electron chi connectivity index (χ2n) is 4.94. The van der Waals surface area contributed by atoms with Gasteiger partial charge in [0.05, 0.1) is 0 Å². The summed E-state index contributed by atoms with van der Waals surface area (Å²) in [5.74, 6) is -1.93. The second kappa shape index (κ2) is 12.3. The van der Waals surface area contributed by atoms with Gasteiger partial charge in [-0.15, -0.1) is 0 Å². The van der Waals surface area contributed by atoms with Crippen LogP contribution in [0.1, 0.15) is 20.7 Å². The molecule has 0 heterocycles. The first-order chi connectivity index (χ1) is 12.8. The molecule has 3 rings (SSSR count). The van der Waals surface area contributed by atoms with E-state index in [1.807, 2.05) is 6.07 Å². The van der Waals surface area contributed by atoms with Gasteiger partial charge in [-0.05, 0) is 12.1 Å². The molecular weight excluding hydrogens is 577 g/mol. The zero-order chi connectivity index (χ0) is 20.2. The van der Waals surface area contributed by atoms with E-state index in [1.54, 1.807) is 36.4 Å². The van der Waals surface area contributed by atoms with Crippen molar-refractivity contribution in [3.05, 3.63) is 90.0 Å². The molecule has 136 valence electrons. The molecule has 0 saturated heterocycles. The van der Waals surface area contributed by atoms with E-state index >= 15 is 0 Å². The van der Waals surface area contributed by atoms with E-state index in [0.29, 0.717) is 9.79 Å². The van der Waals surface area contributed by atoms with Gasteiger partial charge >= 0.3 is 70.3 Å². The molecule has 0 saturated carbocycles. The Kier molecular flexibility index (Phi) is 10.5. The normalized spacial score (nSPS) is 9.04. The van der Waals surface area contributed by atoms with Crippen LogP contribution in [0.3, 0.4) is 0 Å². The summed E-state index contributed by atoms with van der Waals surface area (Å²) in [6, 6.07) is 23.3. The first kappa shape index (κ1) is 23.0. The molecule has 0 bridgehead atoms. The number of benzene rings is 3. The number of carboxylic acid groups (broad SMARTS) is 2. The van der Waals surface area contributed by atoms with Crippen molar-refractivity contribution in [3.8, 4) is 0 Å². The number of carbonyl (C=O) groups is 2. The van der Waals surface area contributed by atoms with Crippen LogP contribution in [-0.4, -0.2) is 46.9 Å². The Morgan fingerprint density at radius 3 is 1.19 bits per heavy atom. The molecular formula is C20H15BiO4S2. The molecule has 0 amide bonds. The van der Waals surface area contributed by atoms with Crippen LogP contribution in [0.25, 0.3) is 0 Å². The molecule has 0 aromatic heterocycles. The average Bonchev–Trinajstić information content (AvgIpc) is 2.64. The van der Waals surface area contributed by atoms with E-state index in [1.165, 1.54) is 40.1 Å². The SMILES string of the molecule is O=C(O)c1ccccc1[S-].O=C(O)c1ccccc1[S-].[Bi+2][c]1ccccc1. The van der Waals surface area contributed by atoms with Gasteiger partial charge in [0, 0.05) is 11.1 Å². The fourth-order valence-corrected chi connectivity index (χ4v) is 2.85. The summed E-state index contributed by atoms with van der Waals surface area (Å²) in [7, 11) is 0. The van der Waals surface area contributed by atoms with E-state index in [9.17, 15) is 9.59 Å². The molecule has 0 fully saturated rings. The van der Waals surface area contributed by atoms with Crippen LogP contribution in [0.4, 0.5) is 0 Å². The molecule has 7 heteroatoms. The van der Waals surface area contributed by atoms with Crippen molar-refractivity contribution in [3.63, 3.8) is 0 Å². The maximum atomic E-state index is 10.4. The minimum absolute atomic E-state index is 0.192. The van der Waals surface area contributed by atoms with Gasteiger partial charge in [0.25, 0.3) is 0 Å². The Balaban J connectivity index is 0.000000206. The van der Waals surface area contributed by atoms with Crippen LogP contribution in [0.5, 0.6) is 0 Å². The molecule has 0 atom stereocenters. The summed E-state index contributed by atoms with van der Waals surface area (Å²) in [5, 5.41) is 17.0. The van der Waals surface area contributed by atoms with E-state index in [4.69, 9.17) is 35.5 Å². The van der Waals surface area contributed by atoms with E-state index in [0.717, 1.165) is 0 Å². The van der Waals surface area contributed by atoms with Gasteiger partial charge in [-0.2, -0.15) is 9.79 Å². The molecule has 3 aromatic carbocycles. The van der Waals surface area contributed by atoms with E-state index in [-0.39, 0.29) is 11.1 Å². The number of hydrogen-bond donors (Lipinski definition) is 2. The first-order valence-electron chi connectivity index (χ1n) is 7.55. The Bertz CT molecular complexity index is 830. The maximum absolute atomic E-state index is 10.4. The summed E-state index contributed by atoms with van der Waals surface area (Å²) in [4.78, 5) is 21.5. The number of rotatable bonds is 2. The molecule has 0 unspecified atom stereocenters. The summed E-state index contributed by atoms with van der Waals surface area (Å²) in [5.41, 5.74) is 0.384. The number of carboxylic acids is 2. The van der Waals surface area contributed by atoms with Gasteiger partial charge in [0.15, 0.2) is 0 Å². The van der Waals surface area contributed by atoms with Gasteiger partial charge in [0.1, 0.15) is 0 Å². The second-order valence-corrected chi connectivity index (χ2v) is 7.83. The Morgan fingerprint density at radius 1 is 0.630 bits per heavy atom. The third-order valence-electron chi connectivity index (χ3n) is 2.99. The predicted molar refractivity (Wildman–Crippen MR) is 110 cm³/mol. The van der Waals surface area contributed by atoms with Crippen molar-refractivity contribution in [2.45, 2.75) is 9.79 Å². The zero-order valence-electron chi connectivity index (χ0n) is 14.0. The van der Waals surface area contributed by atoms with Gasteiger partial charge in [-0.25, -0.2) is 9.59 Å². The van der Waals surface area contributed by atoms with Crippen LogP contribution >= 0.6 is 0 Å². The van der Waals surface area contributed by atoms with Gasteiger partial charge in [-0.1, -0.05) is 36.4 Å². The van der Waals surface area contributed by atoms with Gasteiger partial charge in [-0.3, -0.25) is 0 Å². The molecule has 0 spiro atoms. The van der Waals surface area contributed by atoms with Crippen LogP contribution in [0.2, 0.25) is 0 Å². The number of hydrogen-bond acceptors (Lipinski definition) is 4. The van der Waals surface area contributed by atoms with Crippen molar-refractivity contribution in [1.29, 1.82) is 0 Å². The zero-order valence-corrected chi connectivity index (χ0v) is 19.1.